The van der Waals surface area contributed by atoms with Crippen molar-refractivity contribution < 1.29 is 0 Å². The van der Waals surface area contributed by atoms with E-state index >= 15 is 0 Å². The molecule has 0 bridgehead atoms. The van der Waals surface area contributed by atoms with E-state index in [0.717, 1.165) is 5.69 Å². The first-order valence-corrected chi connectivity index (χ1v) is 7.44. The molecular weight excluding hydrogens is 285 g/mol. The van der Waals surface area contributed by atoms with Crippen molar-refractivity contribution in [2.45, 2.75) is 18.9 Å². The summed E-state index contributed by atoms with van der Waals surface area (Å²) in [5.41, 5.74) is 0.882. The summed E-state index contributed by atoms with van der Waals surface area (Å²) in [6.07, 6.45) is 2.34. The predicted octanol–water partition coefficient (Wildman–Crippen LogP) is 4.95. The van der Waals surface area contributed by atoms with E-state index in [1.54, 1.807) is 12.1 Å². The highest BCUT2D eigenvalue weighted by molar-refractivity contribution is 7.99. The van der Waals surface area contributed by atoms with Crippen LogP contribution in [-0.2, 0) is 0 Å². The molecule has 5 heteroatoms. The third-order valence-corrected chi connectivity index (χ3v) is 4.67. The van der Waals surface area contributed by atoms with Crippen LogP contribution in [0.3, 0.4) is 0 Å². The number of halogens is 3. The van der Waals surface area contributed by atoms with Crippen molar-refractivity contribution in [2.24, 2.45) is 0 Å². The summed E-state index contributed by atoms with van der Waals surface area (Å²) in [6.45, 7) is 0. The normalized spacial score (nSPS) is 17.4. The first kappa shape index (κ1) is 12.7. The van der Waals surface area contributed by atoms with Gasteiger partial charge in [0.25, 0.3) is 0 Å². The lowest BCUT2D eigenvalue weighted by Gasteiger charge is -2.24. The highest BCUT2D eigenvalue weighted by Crippen LogP contribution is 2.33. The van der Waals surface area contributed by atoms with E-state index in [0.29, 0.717) is 21.1 Å². The van der Waals surface area contributed by atoms with Gasteiger partial charge in [-0.15, -0.1) is 0 Å². The lowest BCUT2D eigenvalue weighted by atomic mass is 10.1. The molecule has 0 amide bonds. The Hall–Kier alpha value is 0.240. The molecule has 1 fully saturated rings. The lowest BCUT2D eigenvalue weighted by molar-refractivity contribution is 0.667. The first-order valence-electron chi connectivity index (χ1n) is 5.15. The lowest BCUT2D eigenvalue weighted by Crippen LogP contribution is -2.24. The van der Waals surface area contributed by atoms with Gasteiger partial charge in [-0.05, 0) is 36.5 Å². The quantitative estimate of drug-likeness (QED) is 0.775. The van der Waals surface area contributed by atoms with Crippen molar-refractivity contribution in [1.29, 1.82) is 0 Å². The van der Waals surface area contributed by atoms with Gasteiger partial charge in [-0.3, -0.25) is 0 Å². The van der Waals surface area contributed by atoms with Gasteiger partial charge in [-0.25, -0.2) is 0 Å². The zero-order valence-corrected chi connectivity index (χ0v) is 11.7. The molecule has 0 radical (unpaired) electrons. The number of thioether (sulfide) groups is 1. The summed E-state index contributed by atoms with van der Waals surface area (Å²) in [6, 6.07) is 3.98. The summed E-state index contributed by atoms with van der Waals surface area (Å²) >= 11 is 20.0. The van der Waals surface area contributed by atoms with Crippen LogP contribution >= 0.6 is 46.6 Å². The minimum atomic E-state index is 0.496. The fourth-order valence-electron chi connectivity index (χ4n) is 1.70. The molecule has 0 unspecified atom stereocenters. The molecule has 1 aliphatic rings. The first-order chi connectivity index (χ1) is 7.66. The second-order valence-corrected chi connectivity index (χ2v) is 6.22. The smallest absolute Gasteiger partial charge is 0.0653 e. The van der Waals surface area contributed by atoms with Crippen LogP contribution < -0.4 is 5.32 Å². The Labute approximate surface area is 115 Å². The van der Waals surface area contributed by atoms with Gasteiger partial charge in [0.2, 0.25) is 0 Å². The second kappa shape index (κ2) is 5.72. The number of rotatable bonds is 2. The Bertz CT molecular complexity index is 378. The van der Waals surface area contributed by atoms with Crippen LogP contribution in [0.5, 0.6) is 0 Å². The van der Waals surface area contributed by atoms with Crippen LogP contribution in [-0.4, -0.2) is 17.5 Å². The van der Waals surface area contributed by atoms with Crippen LogP contribution in [0.15, 0.2) is 12.1 Å². The minimum Gasteiger partial charge on any atom is -0.381 e. The zero-order chi connectivity index (χ0) is 11.5. The third kappa shape index (κ3) is 3.13. The maximum absolute atomic E-state index is 6.11. The van der Waals surface area contributed by atoms with E-state index in [4.69, 9.17) is 34.8 Å². The van der Waals surface area contributed by atoms with Gasteiger partial charge < -0.3 is 5.32 Å². The van der Waals surface area contributed by atoms with Crippen LogP contribution in [0, 0.1) is 0 Å². The molecule has 1 aromatic carbocycles. The average Bonchev–Trinajstić information content (AvgIpc) is 2.27. The van der Waals surface area contributed by atoms with E-state index in [2.05, 4.69) is 5.32 Å². The Balaban J connectivity index is 2.11. The number of benzene rings is 1. The molecule has 1 N–H and O–H groups in total. The Morgan fingerprint density at radius 1 is 1.00 bits per heavy atom. The van der Waals surface area contributed by atoms with E-state index in [9.17, 15) is 0 Å². The molecule has 1 aliphatic heterocycles. The van der Waals surface area contributed by atoms with E-state index in [-0.39, 0.29) is 0 Å². The molecule has 0 saturated carbocycles. The maximum Gasteiger partial charge on any atom is 0.0653 e. The zero-order valence-electron chi connectivity index (χ0n) is 8.60. The van der Waals surface area contributed by atoms with Crippen molar-refractivity contribution in [3.8, 4) is 0 Å². The molecule has 1 aromatic rings. The molecule has 0 aromatic heterocycles. The highest BCUT2D eigenvalue weighted by atomic mass is 35.5. The fourth-order valence-corrected chi connectivity index (χ4v) is 3.40. The molecule has 1 heterocycles. The number of anilines is 1. The van der Waals surface area contributed by atoms with Crippen molar-refractivity contribution in [3.63, 3.8) is 0 Å². The van der Waals surface area contributed by atoms with Gasteiger partial charge in [0.05, 0.1) is 20.8 Å². The molecule has 0 aliphatic carbocycles. The summed E-state index contributed by atoms with van der Waals surface area (Å²) in [4.78, 5) is 0. The van der Waals surface area contributed by atoms with Gasteiger partial charge >= 0.3 is 0 Å². The molecular formula is C11H12Cl3NS. The average molecular weight is 297 g/mol. The number of hydrogen-bond donors (Lipinski definition) is 1. The Morgan fingerprint density at radius 3 is 2.31 bits per heavy atom. The summed E-state index contributed by atoms with van der Waals surface area (Å²) in [5.74, 6) is 2.41. The largest absolute Gasteiger partial charge is 0.381 e. The maximum atomic E-state index is 6.11. The van der Waals surface area contributed by atoms with Crippen LogP contribution in [0.2, 0.25) is 15.1 Å². The fraction of sp³-hybridized carbons (Fsp3) is 0.455. The van der Waals surface area contributed by atoms with Crippen LogP contribution in [0.25, 0.3) is 0 Å². The van der Waals surface area contributed by atoms with Gasteiger partial charge in [0, 0.05) is 6.04 Å². The number of hydrogen-bond acceptors (Lipinski definition) is 2. The SMILES string of the molecule is Clc1cc(Cl)c(NC2CCSCC2)cc1Cl. The summed E-state index contributed by atoms with van der Waals surface area (Å²) < 4.78 is 0. The minimum absolute atomic E-state index is 0.496. The van der Waals surface area contributed by atoms with Crippen LogP contribution in [0.4, 0.5) is 5.69 Å². The summed E-state index contributed by atoms with van der Waals surface area (Å²) in [7, 11) is 0. The predicted molar refractivity (Wildman–Crippen MR) is 75.4 cm³/mol. The van der Waals surface area contributed by atoms with Crippen molar-refractivity contribution in [3.05, 3.63) is 27.2 Å². The standard InChI is InChI=1S/C11H12Cl3NS/c12-8-5-10(14)11(6-9(8)13)15-7-1-3-16-4-2-7/h5-7,15H,1-4H2. The molecule has 0 spiro atoms. The molecule has 1 saturated heterocycles. The van der Waals surface area contributed by atoms with E-state index in [1.165, 1.54) is 24.3 Å². The van der Waals surface area contributed by atoms with Gasteiger partial charge in [-0.1, -0.05) is 34.8 Å². The van der Waals surface area contributed by atoms with E-state index < -0.39 is 0 Å². The van der Waals surface area contributed by atoms with Crippen molar-refractivity contribution in [1.82, 2.24) is 0 Å². The van der Waals surface area contributed by atoms with Crippen molar-refractivity contribution in [2.75, 3.05) is 16.8 Å². The summed E-state index contributed by atoms with van der Waals surface area (Å²) in [5, 5.41) is 5.10. The molecule has 0 atom stereocenters. The molecule has 2 rings (SSSR count). The molecule has 88 valence electrons. The van der Waals surface area contributed by atoms with Gasteiger partial charge in [0.15, 0.2) is 0 Å². The van der Waals surface area contributed by atoms with Gasteiger partial charge in [0.1, 0.15) is 0 Å². The Morgan fingerprint density at radius 2 is 1.62 bits per heavy atom. The third-order valence-electron chi connectivity index (χ3n) is 2.59. The van der Waals surface area contributed by atoms with Crippen LogP contribution in [0.1, 0.15) is 12.8 Å². The monoisotopic (exact) mass is 295 g/mol. The second-order valence-electron chi connectivity index (χ2n) is 3.78. The van der Waals surface area contributed by atoms with Crippen molar-refractivity contribution >= 4 is 52.3 Å². The van der Waals surface area contributed by atoms with Gasteiger partial charge in [-0.2, -0.15) is 11.8 Å². The highest BCUT2D eigenvalue weighted by Gasteiger charge is 2.15. The van der Waals surface area contributed by atoms with E-state index in [1.807, 2.05) is 11.8 Å². The molecule has 16 heavy (non-hydrogen) atoms. The molecule has 1 nitrogen and oxygen atoms in total. The number of nitrogens with one attached hydrogen (secondary N) is 1. The Kier molecular flexibility index (Phi) is 4.54. The topological polar surface area (TPSA) is 12.0 Å².